The highest BCUT2D eigenvalue weighted by Crippen LogP contribution is 2.23. The van der Waals surface area contributed by atoms with Crippen LogP contribution in [-0.2, 0) is 16.8 Å². The van der Waals surface area contributed by atoms with Crippen molar-refractivity contribution in [3.63, 3.8) is 0 Å². The van der Waals surface area contributed by atoms with Crippen LogP contribution in [0.5, 0.6) is 0 Å². The zero-order valence-electron chi connectivity index (χ0n) is 14.6. The molecule has 25 heavy (non-hydrogen) atoms. The van der Waals surface area contributed by atoms with Gasteiger partial charge in [0, 0.05) is 11.3 Å². The summed E-state index contributed by atoms with van der Waals surface area (Å²) < 4.78 is 0. The lowest BCUT2D eigenvalue weighted by molar-refractivity contribution is -0.117. The summed E-state index contributed by atoms with van der Waals surface area (Å²) in [5, 5.41) is 15.0. The van der Waals surface area contributed by atoms with Gasteiger partial charge in [0.15, 0.2) is 0 Å². The molecule has 1 heterocycles. The number of rotatable bonds is 4. The van der Waals surface area contributed by atoms with Gasteiger partial charge < -0.3 is 5.32 Å². The van der Waals surface area contributed by atoms with E-state index in [0.717, 1.165) is 11.3 Å². The maximum atomic E-state index is 12.2. The van der Waals surface area contributed by atoms with Crippen LogP contribution in [0, 0.1) is 0 Å². The Balaban J connectivity index is 1.62. The lowest BCUT2D eigenvalue weighted by Crippen LogP contribution is -2.20. The summed E-state index contributed by atoms with van der Waals surface area (Å²) in [6.45, 7) is 6.48. The third kappa shape index (κ3) is 4.29. The quantitative estimate of drug-likeness (QED) is 0.794. The summed E-state index contributed by atoms with van der Waals surface area (Å²) in [6, 6.07) is 17.4. The Morgan fingerprint density at radius 1 is 1.04 bits per heavy atom. The fraction of sp³-hybridized carbons (Fsp3) is 0.263. The molecule has 3 aromatic rings. The molecule has 0 unspecified atom stereocenters. The van der Waals surface area contributed by atoms with E-state index in [-0.39, 0.29) is 17.9 Å². The molecule has 2 aromatic carbocycles. The normalized spacial score (nSPS) is 11.3. The average molecular weight is 335 g/mol. The number of aromatic nitrogens is 4. The topological polar surface area (TPSA) is 72.7 Å². The number of carbonyl (C=O) groups is 1. The first-order chi connectivity index (χ1) is 11.9. The van der Waals surface area contributed by atoms with Crippen molar-refractivity contribution in [3.8, 4) is 11.4 Å². The van der Waals surface area contributed by atoms with Crippen LogP contribution in [0.25, 0.3) is 11.4 Å². The van der Waals surface area contributed by atoms with Gasteiger partial charge in [-0.2, -0.15) is 4.80 Å². The fourth-order valence-electron chi connectivity index (χ4n) is 2.40. The molecule has 0 bridgehead atoms. The van der Waals surface area contributed by atoms with Crippen molar-refractivity contribution in [2.24, 2.45) is 0 Å². The number of nitrogens with zero attached hydrogens (tertiary/aromatic N) is 4. The van der Waals surface area contributed by atoms with E-state index in [9.17, 15) is 4.79 Å². The second-order valence-electron chi connectivity index (χ2n) is 6.89. The summed E-state index contributed by atoms with van der Waals surface area (Å²) in [5.41, 5.74) is 2.92. The Morgan fingerprint density at radius 3 is 2.36 bits per heavy atom. The highest BCUT2D eigenvalue weighted by molar-refractivity contribution is 5.90. The zero-order chi connectivity index (χ0) is 17.9. The smallest absolute Gasteiger partial charge is 0.248 e. The predicted octanol–water partition coefficient (Wildman–Crippen LogP) is 3.28. The van der Waals surface area contributed by atoms with Crippen molar-refractivity contribution in [3.05, 3.63) is 60.2 Å². The summed E-state index contributed by atoms with van der Waals surface area (Å²) in [5.74, 6) is 0.309. The Hall–Kier alpha value is -3.02. The molecular formula is C19H21N5O. The van der Waals surface area contributed by atoms with Crippen molar-refractivity contribution in [1.82, 2.24) is 20.2 Å². The Kier molecular flexibility index (Phi) is 4.61. The lowest BCUT2D eigenvalue weighted by Gasteiger charge is -2.19. The van der Waals surface area contributed by atoms with Gasteiger partial charge >= 0.3 is 0 Å². The van der Waals surface area contributed by atoms with Gasteiger partial charge in [0.1, 0.15) is 6.54 Å². The Morgan fingerprint density at radius 2 is 1.72 bits per heavy atom. The summed E-state index contributed by atoms with van der Waals surface area (Å²) in [4.78, 5) is 13.5. The molecule has 1 amide bonds. The molecule has 0 spiro atoms. The molecular weight excluding hydrogens is 314 g/mol. The van der Waals surface area contributed by atoms with Crippen LogP contribution >= 0.6 is 0 Å². The van der Waals surface area contributed by atoms with Crippen molar-refractivity contribution < 1.29 is 4.79 Å². The maximum absolute atomic E-state index is 12.2. The minimum atomic E-state index is -0.194. The monoisotopic (exact) mass is 335 g/mol. The standard InChI is InChI=1S/C19H21N5O/c1-19(2,3)15-9-11-16(12-10-15)20-17(25)13-24-22-18(21-23-24)14-7-5-4-6-8-14/h4-12H,13H2,1-3H3,(H,20,25). The number of nitrogens with one attached hydrogen (secondary N) is 1. The maximum Gasteiger partial charge on any atom is 0.248 e. The SMILES string of the molecule is CC(C)(C)c1ccc(NC(=O)Cn2nnc(-c3ccccc3)n2)cc1. The van der Waals surface area contributed by atoms with Gasteiger partial charge in [-0.1, -0.05) is 63.2 Å². The number of anilines is 1. The van der Waals surface area contributed by atoms with Crippen LogP contribution in [0.3, 0.4) is 0 Å². The summed E-state index contributed by atoms with van der Waals surface area (Å²) in [6.07, 6.45) is 0. The van der Waals surface area contributed by atoms with Crippen molar-refractivity contribution in [2.45, 2.75) is 32.7 Å². The third-order valence-corrected chi connectivity index (χ3v) is 3.80. The second-order valence-corrected chi connectivity index (χ2v) is 6.89. The number of tetrazole rings is 1. The van der Waals surface area contributed by atoms with E-state index in [0.29, 0.717) is 5.82 Å². The van der Waals surface area contributed by atoms with E-state index in [4.69, 9.17) is 0 Å². The van der Waals surface area contributed by atoms with Gasteiger partial charge in [-0.05, 0) is 28.3 Å². The molecule has 3 rings (SSSR count). The number of hydrogen-bond donors (Lipinski definition) is 1. The second kappa shape index (κ2) is 6.84. The largest absolute Gasteiger partial charge is 0.324 e. The van der Waals surface area contributed by atoms with Crippen LogP contribution < -0.4 is 5.32 Å². The van der Waals surface area contributed by atoms with Crippen LogP contribution in [0.15, 0.2) is 54.6 Å². The molecule has 0 fully saturated rings. The third-order valence-electron chi connectivity index (χ3n) is 3.80. The van der Waals surface area contributed by atoms with E-state index in [1.54, 1.807) is 0 Å². The zero-order valence-corrected chi connectivity index (χ0v) is 14.6. The van der Waals surface area contributed by atoms with Gasteiger partial charge in [-0.25, -0.2) is 0 Å². The first-order valence-corrected chi connectivity index (χ1v) is 8.15. The molecule has 0 saturated carbocycles. The molecule has 1 N–H and O–H groups in total. The van der Waals surface area contributed by atoms with Gasteiger partial charge in [0.05, 0.1) is 0 Å². The number of amides is 1. The van der Waals surface area contributed by atoms with Gasteiger partial charge in [-0.3, -0.25) is 4.79 Å². The van der Waals surface area contributed by atoms with Gasteiger partial charge in [-0.15, -0.1) is 10.2 Å². The summed E-state index contributed by atoms with van der Waals surface area (Å²) >= 11 is 0. The van der Waals surface area contributed by atoms with Crippen LogP contribution in [0.2, 0.25) is 0 Å². The number of carbonyl (C=O) groups excluding carboxylic acids is 1. The van der Waals surface area contributed by atoms with E-state index in [1.165, 1.54) is 10.4 Å². The molecule has 6 nitrogen and oxygen atoms in total. The minimum Gasteiger partial charge on any atom is -0.324 e. The molecule has 128 valence electrons. The first kappa shape index (κ1) is 16.8. The van der Waals surface area contributed by atoms with Gasteiger partial charge in [0.25, 0.3) is 0 Å². The highest BCUT2D eigenvalue weighted by atomic mass is 16.2. The minimum absolute atomic E-state index is 0.0147. The fourth-order valence-corrected chi connectivity index (χ4v) is 2.40. The molecule has 0 aliphatic carbocycles. The van der Waals surface area contributed by atoms with Crippen LogP contribution in [0.4, 0.5) is 5.69 Å². The number of benzene rings is 2. The predicted molar refractivity (Wildman–Crippen MR) is 97.0 cm³/mol. The van der Waals surface area contributed by atoms with E-state index in [1.807, 2.05) is 54.6 Å². The van der Waals surface area contributed by atoms with E-state index < -0.39 is 0 Å². The van der Waals surface area contributed by atoms with Crippen LogP contribution in [-0.4, -0.2) is 26.1 Å². The first-order valence-electron chi connectivity index (χ1n) is 8.15. The highest BCUT2D eigenvalue weighted by Gasteiger charge is 2.13. The molecule has 0 saturated heterocycles. The average Bonchev–Trinajstić information content (AvgIpc) is 3.03. The molecule has 0 aliphatic heterocycles. The lowest BCUT2D eigenvalue weighted by atomic mass is 9.87. The van der Waals surface area contributed by atoms with E-state index in [2.05, 4.69) is 41.5 Å². The number of hydrogen-bond acceptors (Lipinski definition) is 4. The molecule has 1 aromatic heterocycles. The van der Waals surface area contributed by atoms with Crippen molar-refractivity contribution in [2.75, 3.05) is 5.32 Å². The van der Waals surface area contributed by atoms with Gasteiger partial charge in [0.2, 0.25) is 11.7 Å². The van der Waals surface area contributed by atoms with Crippen molar-refractivity contribution in [1.29, 1.82) is 0 Å². The molecule has 0 radical (unpaired) electrons. The molecule has 0 aliphatic rings. The van der Waals surface area contributed by atoms with Crippen molar-refractivity contribution >= 4 is 11.6 Å². The molecule has 6 heteroatoms. The Bertz CT molecular complexity index is 848. The van der Waals surface area contributed by atoms with Crippen LogP contribution in [0.1, 0.15) is 26.3 Å². The molecule has 0 atom stereocenters. The van der Waals surface area contributed by atoms with E-state index >= 15 is 0 Å². The summed E-state index contributed by atoms with van der Waals surface area (Å²) in [7, 11) is 0. The Labute approximate surface area is 146 Å².